The monoisotopic (exact) mass is 281 g/mol. The number of hydrogen-bond donors (Lipinski definition) is 1. The first-order valence-corrected chi connectivity index (χ1v) is 7.83. The van der Waals surface area contributed by atoms with Crippen LogP contribution in [-0.4, -0.2) is 23.1 Å². The molecule has 0 aliphatic heterocycles. The number of rotatable bonds is 5. The lowest BCUT2D eigenvalue weighted by molar-refractivity contribution is 0.644. The van der Waals surface area contributed by atoms with Gasteiger partial charge in [-0.15, -0.1) is 0 Å². The van der Waals surface area contributed by atoms with Crippen molar-refractivity contribution in [3.8, 4) is 0 Å². The van der Waals surface area contributed by atoms with E-state index >= 15 is 0 Å². The van der Waals surface area contributed by atoms with Gasteiger partial charge in [0.1, 0.15) is 5.82 Å². The van der Waals surface area contributed by atoms with Crippen LogP contribution in [0.2, 0.25) is 0 Å². The minimum Gasteiger partial charge on any atom is -0.317 e. The number of nitrogens with zero attached hydrogens (tertiary/aromatic N) is 2. The van der Waals surface area contributed by atoms with E-state index in [1.807, 2.05) is 0 Å². The molecule has 1 aromatic carbocycles. The summed E-state index contributed by atoms with van der Waals surface area (Å²) in [7, 11) is 0. The third-order valence-corrected chi connectivity index (χ3v) is 4.41. The van der Waals surface area contributed by atoms with Crippen LogP contribution in [-0.2, 0) is 12.8 Å². The Balaban J connectivity index is 1.83. The third-order valence-electron chi connectivity index (χ3n) is 4.41. The zero-order valence-electron chi connectivity index (χ0n) is 13.1. The number of aryl methyl sites for hydroxylation is 2. The van der Waals surface area contributed by atoms with Crippen LogP contribution in [0.15, 0.2) is 24.3 Å². The highest BCUT2D eigenvalue weighted by Gasteiger charge is 2.29. The van der Waals surface area contributed by atoms with E-state index in [0.29, 0.717) is 5.92 Å². The fourth-order valence-electron chi connectivity index (χ4n) is 3.16. The van der Waals surface area contributed by atoms with Gasteiger partial charge >= 0.3 is 0 Å². The maximum Gasteiger partial charge on any atom is 0.136 e. The van der Waals surface area contributed by atoms with Gasteiger partial charge in [-0.1, -0.05) is 31.2 Å². The lowest BCUT2D eigenvalue weighted by Crippen LogP contribution is -2.22. The largest absolute Gasteiger partial charge is 0.317 e. The quantitative estimate of drug-likeness (QED) is 0.856. The maximum atomic E-state index is 4.79. The van der Waals surface area contributed by atoms with Gasteiger partial charge in [-0.2, -0.15) is 0 Å². The van der Waals surface area contributed by atoms with E-state index in [0.717, 1.165) is 43.1 Å². The lowest BCUT2D eigenvalue weighted by atomic mass is 9.77. The van der Waals surface area contributed by atoms with Gasteiger partial charge in [-0.25, -0.2) is 9.97 Å². The Morgan fingerprint density at radius 2 is 1.86 bits per heavy atom. The van der Waals surface area contributed by atoms with Crippen molar-refractivity contribution in [3.63, 3.8) is 0 Å². The van der Waals surface area contributed by atoms with Gasteiger partial charge in [-0.3, -0.25) is 0 Å². The molecule has 1 atom stereocenters. The summed E-state index contributed by atoms with van der Waals surface area (Å²) in [4.78, 5) is 9.59. The van der Waals surface area contributed by atoms with E-state index in [1.54, 1.807) is 0 Å². The van der Waals surface area contributed by atoms with Gasteiger partial charge in [0.25, 0.3) is 0 Å². The van der Waals surface area contributed by atoms with Crippen molar-refractivity contribution >= 4 is 0 Å². The average molecular weight is 281 g/mol. The van der Waals surface area contributed by atoms with Crippen LogP contribution in [0.3, 0.4) is 0 Å². The van der Waals surface area contributed by atoms with Crippen LogP contribution in [0.5, 0.6) is 0 Å². The first kappa shape index (κ1) is 14.2. The summed E-state index contributed by atoms with van der Waals surface area (Å²) in [6.07, 6.45) is 2.08. The van der Waals surface area contributed by atoms with Crippen molar-refractivity contribution < 1.29 is 0 Å². The molecule has 3 heteroatoms. The molecule has 0 fully saturated rings. The molecular weight excluding hydrogens is 258 g/mol. The molecule has 2 aromatic rings. The summed E-state index contributed by atoms with van der Waals surface area (Å²) < 4.78 is 0. The molecule has 1 aliphatic carbocycles. The Kier molecular flexibility index (Phi) is 4.02. The highest BCUT2D eigenvalue weighted by Crippen LogP contribution is 2.38. The van der Waals surface area contributed by atoms with Gasteiger partial charge in [0, 0.05) is 17.3 Å². The molecule has 0 bridgehead atoms. The van der Waals surface area contributed by atoms with Crippen LogP contribution in [0.25, 0.3) is 0 Å². The highest BCUT2D eigenvalue weighted by atomic mass is 14.9. The zero-order chi connectivity index (χ0) is 14.8. The van der Waals surface area contributed by atoms with Crippen LogP contribution < -0.4 is 5.32 Å². The molecule has 1 aromatic heterocycles. The van der Waals surface area contributed by atoms with Crippen molar-refractivity contribution in [3.05, 3.63) is 58.2 Å². The fraction of sp³-hybridized carbons (Fsp3) is 0.444. The predicted octanol–water partition coefficient (Wildman–Crippen LogP) is 2.93. The number of aromatic nitrogens is 2. The third kappa shape index (κ3) is 2.70. The Morgan fingerprint density at radius 1 is 1.14 bits per heavy atom. The standard InChI is InChI=1S/C18H23N3/c1-4-19-10-9-15-12(2)20-18(21-13(15)3)17-11-14-7-5-6-8-16(14)17/h5-8,17,19H,4,9-11H2,1-3H3. The van der Waals surface area contributed by atoms with Crippen molar-refractivity contribution in [2.75, 3.05) is 13.1 Å². The van der Waals surface area contributed by atoms with Crippen molar-refractivity contribution in [1.82, 2.24) is 15.3 Å². The normalized spacial score (nSPS) is 16.4. The van der Waals surface area contributed by atoms with E-state index in [2.05, 4.69) is 50.4 Å². The predicted molar refractivity (Wildman–Crippen MR) is 85.7 cm³/mol. The minimum atomic E-state index is 0.390. The summed E-state index contributed by atoms with van der Waals surface area (Å²) in [6, 6.07) is 8.62. The summed E-state index contributed by atoms with van der Waals surface area (Å²) >= 11 is 0. The fourth-order valence-corrected chi connectivity index (χ4v) is 3.16. The van der Waals surface area contributed by atoms with Gasteiger partial charge < -0.3 is 5.32 Å². The van der Waals surface area contributed by atoms with E-state index in [4.69, 9.17) is 9.97 Å². The summed E-state index contributed by atoms with van der Waals surface area (Å²) in [5.41, 5.74) is 6.42. The molecule has 0 amide bonds. The molecule has 1 heterocycles. The van der Waals surface area contributed by atoms with Crippen LogP contribution in [0.1, 0.15) is 46.7 Å². The van der Waals surface area contributed by atoms with Crippen LogP contribution in [0, 0.1) is 13.8 Å². The van der Waals surface area contributed by atoms with E-state index in [1.165, 1.54) is 16.7 Å². The molecule has 110 valence electrons. The van der Waals surface area contributed by atoms with Gasteiger partial charge in [0.15, 0.2) is 0 Å². The summed E-state index contributed by atoms with van der Waals surface area (Å²) in [5.74, 6) is 1.39. The SMILES string of the molecule is CCNCCc1c(C)nc(C2Cc3ccccc32)nc1C. The molecule has 3 nitrogen and oxygen atoms in total. The number of hydrogen-bond acceptors (Lipinski definition) is 3. The van der Waals surface area contributed by atoms with Crippen molar-refractivity contribution in [2.24, 2.45) is 0 Å². The van der Waals surface area contributed by atoms with Crippen LogP contribution >= 0.6 is 0 Å². The topological polar surface area (TPSA) is 37.8 Å². The average Bonchev–Trinajstić information content (AvgIpc) is 2.43. The van der Waals surface area contributed by atoms with E-state index < -0.39 is 0 Å². The van der Waals surface area contributed by atoms with Crippen molar-refractivity contribution in [2.45, 2.75) is 39.5 Å². The molecule has 0 saturated carbocycles. The summed E-state index contributed by atoms with van der Waals surface area (Å²) in [6.45, 7) is 8.37. The second kappa shape index (κ2) is 5.94. The molecule has 1 aliphatic rings. The molecule has 0 saturated heterocycles. The number of nitrogens with one attached hydrogen (secondary N) is 1. The van der Waals surface area contributed by atoms with Gasteiger partial charge in [0.05, 0.1) is 0 Å². The van der Waals surface area contributed by atoms with Gasteiger partial charge in [0.2, 0.25) is 0 Å². The molecule has 0 spiro atoms. The first-order valence-electron chi connectivity index (χ1n) is 7.83. The molecule has 3 rings (SSSR count). The van der Waals surface area contributed by atoms with E-state index in [-0.39, 0.29) is 0 Å². The molecule has 1 N–H and O–H groups in total. The highest BCUT2D eigenvalue weighted by molar-refractivity contribution is 5.44. The number of likely N-dealkylation sites (N-methyl/N-ethyl adjacent to an activating group) is 1. The Morgan fingerprint density at radius 3 is 2.52 bits per heavy atom. The van der Waals surface area contributed by atoms with Crippen molar-refractivity contribution in [1.29, 1.82) is 0 Å². The Hall–Kier alpha value is -1.74. The first-order chi connectivity index (χ1) is 10.2. The smallest absolute Gasteiger partial charge is 0.136 e. The number of fused-ring (bicyclic) bond motifs is 1. The number of benzene rings is 1. The minimum absolute atomic E-state index is 0.390. The second-order valence-electron chi connectivity index (χ2n) is 5.79. The maximum absolute atomic E-state index is 4.79. The molecule has 21 heavy (non-hydrogen) atoms. The lowest BCUT2D eigenvalue weighted by Gasteiger charge is -2.29. The van der Waals surface area contributed by atoms with Crippen LogP contribution in [0.4, 0.5) is 0 Å². The van der Waals surface area contributed by atoms with E-state index in [9.17, 15) is 0 Å². The van der Waals surface area contributed by atoms with Gasteiger partial charge in [-0.05, 0) is 56.5 Å². The summed E-state index contributed by atoms with van der Waals surface area (Å²) in [5, 5.41) is 3.37. The zero-order valence-corrected chi connectivity index (χ0v) is 13.1. The second-order valence-corrected chi connectivity index (χ2v) is 5.79. The molecule has 1 unspecified atom stereocenters. The Labute approximate surface area is 126 Å². The molecular formula is C18H23N3. The Bertz CT molecular complexity index is 626. The molecule has 0 radical (unpaired) electrons.